The molecule has 0 heterocycles. The number of nitrogens with two attached hydrogens (primary N) is 1. The number of hydrogen-bond donors (Lipinski definition) is 2. The van der Waals surface area contributed by atoms with Crippen molar-refractivity contribution in [3.8, 4) is 0 Å². The van der Waals surface area contributed by atoms with Crippen molar-refractivity contribution in [3.05, 3.63) is 0 Å². The Morgan fingerprint density at radius 1 is 1.57 bits per heavy atom. The summed E-state index contributed by atoms with van der Waals surface area (Å²) >= 11 is 0. The summed E-state index contributed by atoms with van der Waals surface area (Å²) in [7, 11) is 0. The highest BCUT2D eigenvalue weighted by Crippen LogP contribution is 2.37. The molecule has 1 rings (SSSR count). The fraction of sp³-hybridized carbons (Fsp3) is 0.909. The molecule has 0 saturated heterocycles. The molecule has 0 aromatic carbocycles. The van der Waals surface area contributed by atoms with Crippen LogP contribution in [0, 0.1) is 11.8 Å². The molecule has 0 aromatic heterocycles. The third-order valence-electron chi connectivity index (χ3n) is 3.79. The molecule has 3 N–H and O–H groups in total. The SMILES string of the molecule is CCNC1(C(N)=O)CCCC(C)C1C. The second-order valence-electron chi connectivity index (χ2n) is 4.52. The summed E-state index contributed by atoms with van der Waals surface area (Å²) in [6.45, 7) is 7.17. The number of hydrogen-bond acceptors (Lipinski definition) is 2. The molecule has 1 aliphatic rings. The van der Waals surface area contributed by atoms with Gasteiger partial charge in [0.05, 0.1) is 0 Å². The van der Waals surface area contributed by atoms with Crippen LogP contribution in [0.15, 0.2) is 0 Å². The lowest BCUT2D eigenvalue weighted by atomic mass is 9.68. The van der Waals surface area contributed by atoms with E-state index in [9.17, 15) is 4.79 Å². The van der Waals surface area contributed by atoms with Crippen molar-refractivity contribution < 1.29 is 4.79 Å². The van der Waals surface area contributed by atoms with Crippen LogP contribution in [0.5, 0.6) is 0 Å². The predicted molar refractivity (Wildman–Crippen MR) is 57.8 cm³/mol. The molecule has 3 nitrogen and oxygen atoms in total. The Morgan fingerprint density at radius 3 is 2.71 bits per heavy atom. The number of carbonyl (C=O) groups excluding carboxylic acids is 1. The van der Waals surface area contributed by atoms with Crippen LogP contribution in [0.3, 0.4) is 0 Å². The van der Waals surface area contributed by atoms with Crippen molar-refractivity contribution >= 4 is 5.91 Å². The van der Waals surface area contributed by atoms with Crippen molar-refractivity contribution in [1.29, 1.82) is 0 Å². The Labute approximate surface area is 86.4 Å². The summed E-state index contributed by atoms with van der Waals surface area (Å²) in [5, 5.41) is 3.30. The van der Waals surface area contributed by atoms with Crippen LogP contribution in [0.2, 0.25) is 0 Å². The lowest BCUT2D eigenvalue weighted by Gasteiger charge is -2.44. The largest absolute Gasteiger partial charge is 0.368 e. The first-order valence-electron chi connectivity index (χ1n) is 5.59. The molecule has 0 spiro atoms. The first kappa shape index (κ1) is 11.5. The van der Waals surface area contributed by atoms with Gasteiger partial charge in [-0.25, -0.2) is 0 Å². The average Bonchev–Trinajstić information content (AvgIpc) is 2.13. The lowest BCUT2D eigenvalue weighted by molar-refractivity contribution is -0.129. The first-order valence-corrected chi connectivity index (χ1v) is 5.59. The number of likely N-dealkylation sites (N-methyl/N-ethyl adjacent to an activating group) is 1. The standard InChI is InChI=1S/C11H22N2O/c1-4-13-11(10(12)14)7-5-6-8(2)9(11)3/h8-9,13H,4-7H2,1-3H3,(H2,12,14). The molecule has 3 heteroatoms. The van der Waals surface area contributed by atoms with E-state index in [1.165, 1.54) is 6.42 Å². The summed E-state index contributed by atoms with van der Waals surface area (Å²) in [5.41, 5.74) is 5.09. The van der Waals surface area contributed by atoms with Gasteiger partial charge in [-0.2, -0.15) is 0 Å². The highest BCUT2D eigenvalue weighted by atomic mass is 16.1. The fourth-order valence-electron chi connectivity index (χ4n) is 2.67. The molecule has 3 unspecified atom stereocenters. The van der Waals surface area contributed by atoms with Gasteiger partial charge in [0.1, 0.15) is 5.54 Å². The lowest BCUT2D eigenvalue weighted by Crippen LogP contribution is -2.62. The molecule has 3 atom stereocenters. The van der Waals surface area contributed by atoms with E-state index in [0.29, 0.717) is 11.8 Å². The zero-order valence-electron chi connectivity index (χ0n) is 9.47. The Hall–Kier alpha value is -0.570. The summed E-state index contributed by atoms with van der Waals surface area (Å²) in [6, 6.07) is 0. The van der Waals surface area contributed by atoms with Gasteiger partial charge in [-0.15, -0.1) is 0 Å². The van der Waals surface area contributed by atoms with Gasteiger partial charge in [-0.1, -0.05) is 33.6 Å². The molecule has 14 heavy (non-hydrogen) atoms. The minimum absolute atomic E-state index is 0.182. The molecule has 0 aromatic rings. The van der Waals surface area contributed by atoms with Gasteiger partial charge in [0.2, 0.25) is 5.91 Å². The zero-order chi connectivity index (χ0) is 10.8. The van der Waals surface area contributed by atoms with E-state index in [-0.39, 0.29) is 5.91 Å². The molecule has 0 radical (unpaired) electrons. The molecular formula is C11H22N2O. The van der Waals surface area contributed by atoms with Gasteiger partial charge < -0.3 is 11.1 Å². The summed E-state index contributed by atoms with van der Waals surface area (Å²) in [4.78, 5) is 11.6. The smallest absolute Gasteiger partial charge is 0.238 e. The van der Waals surface area contributed by atoms with Crippen LogP contribution < -0.4 is 11.1 Å². The van der Waals surface area contributed by atoms with Gasteiger partial charge >= 0.3 is 0 Å². The van der Waals surface area contributed by atoms with E-state index in [1.54, 1.807) is 0 Å². The van der Waals surface area contributed by atoms with Gasteiger partial charge in [-0.05, 0) is 24.8 Å². The monoisotopic (exact) mass is 198 g/mol. The molecule has 0 aliphatic heterocycles. The number of rotatable bonds is 3. The topological polar surface area (TPSA) is 55.1 Å². The number of amides is 1. The molecule has 82 valence electrons. The number of nitrogens with one attached hydrogen (secondary N) is 1. The predicted octanol–water partition coefficient (Wildman–Crippen LogP) is 1.28. The first-order chi connectivity index (χ1) is 6.54. The van der Waals surface area contributed by atoms with Crippen molar-refractivity contribution in [2.75, 3.05) is 6.54 Å². The highest BCUT2D eigenvalue weighted by molar-refractivity contribution is 5.85. The van der Waals surface area contributed by atoms with Crippen LogP contribution in [0.4, 0.5) is 0 Å². The maximum atomic E-state index is 11.6. The van der Waals surface area contributed by atoms with E-state index in [2.05, 4.69) is 19.2 Å². The van der Waals surface area contributed by atoms with Crippen molar-refractivity contribution in [1.82, 2.24) is 5.32 Å². The maximum absolute atomic E-state index is 11.6. The quantitative estimate of drug-likeness (QED) is 0.717. The Kier molecular flexibility index (Phi) is 3.53. The third-order valence-corrected chi connectivity index (χ3v) is 3.79. The van der Waals surface area contributed by atoms with E-state index >= 15 is 0 Å². The zero-order valence-corrected chi connectivity index (χ0v) is 9.47. The minimum atomic E-state index is -0.452. The third kappa shape index (κ3) is 1.78. The Balaban J connectivity index is 2.88. The molecule has 1 aliphatic carbocycles. The summed E-state index contributed by atoms with van der Waals surface area (Å²) in [5.74, 6) is 0.738. The molecule has 1 fully saturated rings. The van der Waals surface area contributed by atoms with Gasteiger partial charge in [0.15, 0.2) is 0 Å². The van der Waals surface area contributed by atoms with Crippen LogP contribution in [-0.4, -0.2) is 18.0 Å². The normalized spacial score (nSPS) is 38.2. The van der Waals surface area contributed by atoms with Crippen LogP contribution in [0.1, 0.15) is 40.0 Å². The van der Waals surface area contributed by atoms with Crippen molar-refractivity contribution in [3.63, 3.8) is 0 Å². The minimum Gasteiger partial charge on any atom is -0.368 e. The molecular weight excluding hydrogens is 176 g/mol. The average molecular weight is 198 g/mol. The molecule has 1 amide bonds. The van der Waals surface area contributed by atoms with E-state index in [0.717, 1.165) is 19.4 Å². The van der Waals surface area contributed by atoms with Gasteiger partial charge in [-0.3, -0.25) is 4.79 Å². The molecule has 1 saturated carbocycles. The van der Waals surface area contributed by atoms with Gasteiger partial charge in [0, 0.05) is 0 Å². The van der Waals surface area contributed by atoms with Crippen molar-refractivity contribution in [2.24, 2.45) is 17.6 Å². The summed E-state index contributed by atoms with van der Waals surface area (Å²) < 4.78 is 0. The van der Waals surface area contributed by atoms with E-state index in [4.69, 9.17) is 5.73 Å². The number of carbonyl (C=O) groups is 1. The van der Waals surface area contributed by atoms with E-state index < -0.39 is 5.54 Å². The van der Waals surface area contributed by atoms with Gasteiger partial charge in [0.25, 0.3) is 0 Å². The summed E-state index contributed by atoms with van der Waals surface area (Å²) in [6.07, 6.45) is 3.20. The number of primary amides is 1. The van der Waals surface area contributed by atoms with Crippen LogP contribution in [0.25, 0.3) is 0 Å². The maximum Gasteiger partial charge on any atom is 0.238 e. The second kappa shape index (κ2) is 4.30. The Morgan fingerprint density at radius 2 is 2.21 bits per heavy atom. The molecule has 0 bridgehead atoms. The Bertz CT molecular complexity index is 213. The highest BCUT2D eigenvalue weighted by Gasteiger charge is 2.45. The second-order valence-corrected chi connectivity index (χ2v) is 4.52. The van der Waals surface area contributed by atoms with Crippen LogP contribution >= 0.6 is 0 Å². The van der Waals surface area contributed by atoms with E-state index in [1.807, 2.05) is 6.92 Å². The van der Waals surface area contributed by atoms with Crippen LogP contribution in [-0.2, 0) is 4.79 Å². The fourth-order valence-corrected chi connectivity index (χ4v) is 2.67. The van der Waals surface area contributed by atoms with Crippen molar-refractivity contribution in [2.45, 2.75) is 45.6 Å².